The lowest BCUT2D eigenvalue weighted by atomic mass is 10.1. The monoisotopic (exact) mass is 315 g/mol. The Morgan fingerprint density at radius 3 is 2.50 bits per heavy atom. The van der Waals surface area contributed by atoms with Gasteiger partial charge in [-0.25, -0.2) is 12.8 Å². The maximum absolute atomic E-state index is 13.3. The van der Waals surface area contributed by atoms with E-state index < -0.39 is 15.7 Å². The fourth-order valence-electron chi connectivity index (χ4n) is 2.45. The van der Waals surface area contributed by atoms with Crippen LogP contribution in [0.4, 0.5) is 10.1 Å². The third kappa shape index (κ3) is 2.67. The SMILES string of the molecule is Nc1ccc(F)cc1CS(=O)(=O)c1cccc2ccccc12. The summed E-state index contributed by atoms with van der Waals surface area (Å²) in [5, 5.41) is 1.50. The van der Waals surface area contributed by atoms with Crippen molar-refractivity contribution in [1.82, 2.24) is 0 Å². The Balaban J connectivity index is 2.11. The lowest BCUT2D eigenvalue weighted by molar-refractivity contribution is 0.595. The molecule has 112 valence electrons. The predicted octanol–water partition coefficient (Wildman–Crippen LogP) is 3.54. The Labute approximate surface area is 128 Å². The van der Waals surface area contributed by atoms with E-state index in [4.69, 9.17) is 5.73 Å². The Hall–Kier alpha value is -2.40. The van der Waals surface area contributed by atoms with Crippen LogP contribution < -0.4 is 5.73 Å². The molecule has 0 aliphatic heterocycles. The largest absolute Gasteiger partial charge is 0.398 e. The van der Waals surface area contributed by atoms with Crippen molar-refractivity contribution in [2.24, 2.45) is 0 Å². The molecule has 3 aromatic rings. The molecule has 0 aliphatic rings. The van der Waals surface area contributed by atoms with E-state index in [2.05, 4.69) is 0 Å². The fourth-order valence-corrected chi connectivity index (χ4v) is 4.07. The molecule has 0 fully saturated rings. The van der Waals surface area contributed by atoms with E-state index in [-0.39, 0.29) is 21.9 Å². The van der Waals surface area contributed by atoms with Crippen LogP contribution in [0.2, 0.25) is 0 Å². The fraction of sp³-hybridized carbons (Fsp3) is 0.0588. The summed E-state index contributed by atoms with van der Waals surface area (Å²) in [6.07, 6.45) is 0. The van der Waals surface area contributed by atoms with Crippen molar-refractivity contribution in [3.63, 3.8) is 0 Å². The van der Waals surface area contributed by atoms with Gasteiger partial charge in [0.25, 0.3) is 0 Å². The quantitative estimate of drug-likeness (QED) is 0.752. The van der Waals surface area contributed by atoms with Gasteiger partial charge >= 0.3 is 0 Å². The first kappa shape index (κ1) is 14.5. The zero-order valence-electron chi connectivity index (χ0n) is 11.7. The molecule has 2 N–H and O–H groups in total. The molecule has 3 aromatic carbocycles. The van der Waals surface area contributed by atoms with Crippen LogP contribution in [-0.4, -0.2) is 8.42 Å². The molecule has 3 rings (SSSR count). The van der Waals surface area contributed by atoms with Gasteiger partial charge in [-0.15, -0.1) is 0 Å². The van der Waals surface area contributed by atoms with E-state index in [1.807, 2.05) is 18.2 Å². The molecule has 0 spiro atoms. The van der Waals surface area contributed by atoms with Gasteiger partial charge in [0.15, 0.2) is 9.84 Å². The molecule has 0 heterocycles. The van der Waals surface area contributed by atoms with E-state index in [0.29, 0.717) is 5.39 Å². The van der Waals surface area contributed by atoms with Gasteiger partial charge in [-0.05, 0) is 35.2 Å². The molecule has 0 saturated heterocycles. The van der Waals surface area contributed by atoms with Crippen LogP contribution >= 0.6 is 0 Å². The zero-order valence-corrected chi connectivity index (χ0v) is 12.5. The van der Waals surface area contributed by atoms with E-state index in [1.165, 1.54) is 12.1 Å². The molecule has 0 atom stereocenters. The van der Waals surface area contributed by atoms with Crippen LogP contribution in [0.1, 0.15) is 5.56 Å². The summed E-state index contributed by atoms with van der Waals surface area (Å²) in [7, 11) is -3.63. The second kappa shape index (κ2) is 5.42. The van der Waals surface area contributed by atoms with Gasteiger partial charge in [0.2, 0.25) is 0 Å². The summed E-state index contributed by atoms with van der Waals surface area (Å²) in [4.78, 5) is 0.231. The Morgan fingerprint density at radius 2 is 1.68 bits per heavy atom. The Bertz CT molecular complexity index is 947. The molecular formula is C17H14FNO2S. The molecular weight excluding hydrogens is 301 g/mol. The van der Waals surface area contributed by atoms with Crippen molar-refractivity contribution in [2.45, 2.75) is 10.6 Å². The van der Waals surface area contributed by atoms with Crippen molar-refractivity contribution >= 4 is 26.3 Å². The minimum absolute atomic E-state index is 0.231. The highest BCUT2D eigenvalue weighted by Gasteiger charge is 2.19. The number of rotatable bonds is 3. The van der Waals surface area contributed by atoms with Crippen LogP contribution in [0.15, 0.2) is 65.6 Å². The van der Waals surface area contributed by atoms with Crippen molar-refractivity contribution < 1.29 is 12.8 Å². The first-order chi connectivity index (χ1) is 10.5. The minimum Gasteiger partial charge on any atom is -0.398 e. The van der Waals surface area contributed by atoms with Crippen LogP contribution in [0.5, 0.6) is 0 Å². The maximum atomic E-state index is 13.3. The van der Waals surface area contributed by atoms with Crippen LogP contribution in [-0.2, 0) is 15.6 Å². The Kier molecular flexibility index (Phi) is 3.58. The van der Waals surface area contributed by atoms with Crippen molar-refractivity contribution in [2.75, 3.05) is 5.73 Å². The van der Waals surface area contributed by atoms with E-state index in [1.54, 1.807) is 24.3 Å². The van der Waals surface area contributed by atoms with Crippen LogP contribution in [0, 0.1) is 5.82 Å². The minimum atomic E-state index is -3.63. The topological polar surface area (TPSA) is 60.2 Å². The smallest absolute Gasteiger partial charge is 0.183 e. The molecule has 0 amide bonds. The summed E-state index contributed by atoms with van der Waals surface area (Å²) in [5.74, 6) is -0.831. The molecule has 3 nitrogen and oxygen atoms in total. The second-order valence-electron chi connectivity index (χ2n) is 5.08. The van der Waals surface area contributed by atoms with E-state index in [0.717, 1.165) is 11.5 Å². The highest BCUT2D eigenvalue weighted by molar-refractivity contribution is 7.90. The number of anilines is 1. The molecule has 0 aromatic heterocycles. The van der Waals surface area contributed by atoms with Crippen molar-refractivity contribution in [3.05, 3.63) is 72.0 Å². The highest BCUT2D eigenvalue weighted by atomic mass is 32.2. The first-order valence-electron chi connectivity index (χ1n) is 6.72. The van der Waals surface area contributed by atoms with Gasteiger partial charge in [-0.3, -0.25) is 0 Å². The first-order valence-corrected chi connectivity index (χ1v) is 8.37. The third-order valence-electron chi connectivity index (χ3n) is 3.54. The van der Waals surface area contributed by atoms with Gasteiger partial charge < -0.3 is 5.73 Å². The Morgan fingerprint density at radius 1 is 0.955 bits per heavy atom. The van der Waals surface area contributed by atoms with Gasteiger partial charge in [0, 0.05) is 11.1 Å². The number of hydrogen-bond donors (Lipinski definition) is 1. The molecule has 0 aliphatic carbocycles. The predicted molar refractivity (Wildman–Crippen MR) is 85.7 cm³/mol. The highest BCUT2D eigenvalue weighted by Crippen LogP contribution is 2.27. The van der Waals surface area contributed by atoms with Gasteiger partial charge in [-0.1, -0.05) is 36.4 Å². The molecule has 5 heteroatoms. The van der Waals surface area contributed by atoms with Gasteiger partial charge in [0.1, 0.15) is 5.82 Å². The number of hydrogen-bond acceptors (Lipinski definition) is 3. The summed E-state index contributed by atoms with van der Waals surface area (Å²) >= 11 is 0. The normalized spacial score (nSPS) is 11.7. The number of benzene rings is 3. The molecule has 0 bridgehead atoms. The summed E-state index contributed by atoms with van der Waals surface area (Å²) < 4.78 is 38.7. The molecule has 0 saturated carbocycles. The second-order valence-corrected chi connectivity index (χ2v) is 7.04. The van der Waals surface area contributed by atoms with Crippen molar-refractivity contribution in [3.8, 4) is 0 Å². The zero-order chi connectivity index (χ0) is 15.7. The lowest BCUT2D eigenvalue weighted by Gasteiger charge is -2.10. The number of nitrogens with two attached hydrogens (primary N) is 1. The van der Waals surface area contributed by atoms with Crippen LogP contribution in [0.3, 0.4) is 0 Å². The van der Waals surface area contributed by atoms with E-state index >= 15 is 0 Å². The lowest BCUT2D eigenvalue weighted by Crippen LogP contribution is -2.08. The number of sulfone groups is 1. The maximum Gasteiger partial charge on any atom is 0.183 e. The van der Waals surface area contributed by atoms with Gasteiger partial charge in [-0.2, -0.15) is 0 Å². The number of fused-ring (bicyclic) bond motifs is 1. The average Bonchev–Trinajstić information content (AvgIpc) is 2.50. The third-order valence-corrected chi connectivity index (χ3v) is 5.25. The van der Waals surface area contributed by atoms with E-state index in [9.17, 15) is 12.8 Å². The number of nitrogen functional groups attached to an aromatic ring is 1. The van der Waals surface area contributed by atoms with Crippen molar-refractivity contribution in [1.29, 1.82) is 0 Å². The molecule has 0 radical (unpaired) electrons. The number of halogens is 1. The standard InChI is InChI=1S/C17H14FNO2S/c18-14-8-9-16(19)13(10-14)11-22(20,21)17-7-3-5-12-4-1-2-6-15(12)17/h1-10H,11,19H2. The van der Waals surface area contributed by atoms with Gasteiger partial charge in [0.05, 0.1) is 10.6 Å². The van der Waals surface area contributed by atoms with Crippen LogP contribution in [0.25, 0.3) is 10.8 Å². The summed E-state index contributed by atoms with van der Waals surface area (Å²) in [5.41, 5.74) is 6.30. The summed E-state index contributed by atoms with van der Waals surface area (Å²) in [6.45, 7) is 0. The molecule has 0 unspecified atom stereocenters. The molecule has 22 heavy (non-hydrogen) atoms. The average molecular weight is 315 g/mol. The summed E-state index contributed by atoms with van der Waals surface area (Å²) in [6, 6.07) is 16.1.